The van der Waals surface area contributed by atoms with Crippen LogP contribution in [0, 0.1) is 17.8 Å². The molecule has 2 N–H and O–H groups in total. The summed E-state index contributed by atoms with van der Waals surface area (Å²) < 4.78 is 0. The van der Waals surface area contributed by atoms with Gasteiger partial charge in [-0.2, -0.15) is 0 Å². The van der Waals surface area contributed by atoms with E-state index in [9.17, 15) is 5.11 Å². The van der Waals surface area contributed by atoms with E-state index in [0.717, 1.165) is 5.69 Å². The standard InChI is InChI=1S/C15H24ClNO/c1-10(2)15(11(3)4)14(9-18)17-13-8-6-5-7-12(13)16/h5-8,10-11,14-15,17-18H,9H2,1-4H3. The second-order valence-corrected chi connectivity index (χ2v) is 5.89. The van der Waals surface area contributed by atoms with Crippen molar-refractivity contribution >= 4 is 17.3 Å². The average Bonchev–Trinajstić information content (AvgIpc) is 2.29. The second kappa shape index (κ2) is 7.01. The second-order valence-electron chi connectivity index (χ2n) is 5.48. The van der Waals surface area contributed by atoms with Crippen LogP contribution in [-0.4, -0.2) is 17.8 Å². The normalized spacial score (nSPS) is 13.4. The van der Waals surface area contributed by atoms with Crippen molar-refractivity contribution in [2.24, 2.45) is 17.8 Å². The fourth-order valence-corrected chi connectivity index (χ4v) is 2.93. The zero-order valence-electron chi connectivity index (χ0n) is 11.7. The summed E-state index contributed by atoms with van der Waals surface area (Å²) in [6.07, 6.45) is 0. The first-order chi connectivity index (χ1) is 8.47. The number of benzene rings is 1. The third kappa shape index (κ3) is 3.89. The molecule has 0 fully saturated rings. The Kier molecular flexibility index (Phi) is 5.97. The zero-order valence-corrected chi connectivity index (χ0v) is 12.4. The molecule has 18 heavy (non-hydrogen) atoms. The lowest BCUT2D eigenvalue weighted by Crippen LogP contribution is -2.38. The molecule has 0 saturated heterocycles. The summed E-state index contributed by atoms with van der Waals surface area (Å²) in [6, 6.07) is 7.69. The van der Waals surface area contributed by atoms with Gasteiger partial charge in [-0.1, -0.05) is 51.4 Å². The predicted octanol–water partition coefficient (Wildman–Crippen LogP) is 4.04. The molecule has 0 heterocycles. The van der Waals surface area contributed by atoms with Gasteiger partial charge < -0.3 is 10.4 Å². The minimum absolute atomic E-state index is 0.0323. The molecule has 0 aromatic heterocycles. The van der Waals surface area contributed by atoms with Gasteiger partial charge in [-0.25, -0.2) is 0 Å². The highest BCUT2D eigenvalue weighted by Gasteiger charge is 2.27. The lowest BCUT2D eigenvalue weighted by Gasteiger charge is -2.33. The molecule has 2 nitrogen and oxygen atoms in total. The number of halogens is 1. The molecule has 0 amide bonds. The van der Waals surface area contributed by atoms with Gasteiger partial charge in [0.05, 0.1) is 23.4 Å². The van der Waals surface area contributed by atoms with E-state index in [1.807, 2.05) is 24.3 Å². The van der Waals surface area contributed by atoms with E-state index in [1.54, 1.807) is 0 Å². The molecule has 1 aromatic carbocycles. The Morgan fingerprint density at radius 3 is 2.11 bits per heavy atom. The van der Waals surface area contributed by atoms with E-state index >= 15 is 0 Å². The van der Waals surface area contributed by atoms with E-state index in [4.69, 9.17) is 11.6 Å². The Morgan fingerprint density at radius 1 is 1.11 bits per heavy atom. The highest BCUT2D eigenvalue weighted by Crippen LogP contribution is 2.29. The van der Waals surface area contributed by atoms with Crippen LogP contribution in [-0.2, 0) is 0 Å². The van der Waals surface area contributed by atoms with Crippen molar-refractivity contribution in [2.75, 3.05) is 11.9 Å². The van der Waals surface area contributed by atoms with Crippen LogP contribution < -0.4 is 5.32 Å². The van der Waals surface area contributed by atoms with Crippen LogP contribution in [0.5, 0.6) is 0 Å². The van der Waals surface area contributed by atoms with E-state index in [2.05, 4.69) is 33.0 Å². The number of anilines is 1. The summed E-state index contributed by atoms with van der Waals surface area (Å²) in [6.45, 7) is 8.90. The highest BCUT2D eigenvalue weighted by atomic mass is 35.5. The molecular formula is C15H24ClNO. The Hall–Kier alpha value is -0.730. The van der Waals surface area contributed by atoms with Crippen LogP contribution in [0.25, 0.3) is 0 Å². The van der Waals surface area contributed by atoms with Crippen molar-refractivity contribution < 1.29 is 5.11 Å². The largest absolute Gasteiger partial charge is 0.394 e. The van der Waals surface area contributed by atoms with Crippen LogP contribution in [0.3, 0.4) is 0 Å². The molecular weight excluding hydrogens is 246 g/mol. The van der Waals surface area contributed by atoms with Gasteiger partial charge in [0.15, 0.2) is 0 Å². The van der Waals surface area contributed by atoms with Gasteiger partial charge in [0.25, 0.3) is 0 Å². The Bertz CT molecular complexity index is 357. The van der Waals surface area contributed by atoms with Crippen LogP contribution in [0.1, 0.15) is 27.7 Å². The topological polar surface area (TPSA) is 32.3 Å². The Labute approximate surface area is 115 Å². The first-order valence-electron chi connectivity index (χ1n) is 6.59. The maximum absolute atomic E-state index is 9.64. The van der Waals surface area contributed by atoms with Gasteiger partial charge in [0.2, 0.25) is 0 Å². The van der Waals surface area contributed by atoms with Crippen molar-refractivity contribution in [2.45, 2.75) is 33.7 Å². The molecule has 0 aliphatic heterocycles. The molecule has 1 unspecified atom stereocenters. The molecule has 102 valence electrons. The average molecular weight is 270 g/mol. The summed E-state index contributed by atoms with van der Waals surface area (Å²) in [7, 11) is 0. The third-order valence-electron chi connectivity index (χ3n) is 3.42. The van der Waals surface area contributed by atoms with Gasteiger partial charge in [-0.15, -0.1) is 0 Å². The van der Waals surface area contributed by atoms with Gasteiger partial charge in [0, 0.05) is 0 Å². The quantitative estimate of drug-likeness (QED) is 0.817. The summed E-state index contributed by atoms with van der Waals surface area (Å²) in [4.78, 5) is 0. The van der Waals surface area contributed by atoms with Crippen molar-refractivity contribution in [3.8, 4) is 0 Å². The first kappa shape index (κ1) is 15.3. The van der Waals surface area contributed by atoms with Crippen molar-refractivity contribution in [3.05, 3.63) is 29.3 Å². The molecule has 1 aromatic rings. The van der Waals surface area contributed by atoms with E-state index < -0.39 is 0 Å². The van der Waals surface area contributed by atoms with E-state index in [-0.39, 0.29) is 12.6 Å². The monoisotopic (exact) mass is 269 g/mol. The lowest BCUT2D eigenvalue weighted by atomic mass is 9.80. The predicted molar refractivity (Wildman–Crippen MR) is 79.1 cm³/mol. The minimum Gasteiger partial charge on any atom is -0.394 e. The molecule has 1 atom stereocenters. The molecule has 0 saturated carbocycles. The number of aliphatic hydroxyl groups is 1. The minimum atomic E-state index is 0.0323. The number of aliphatic hydroxyl groups excluding tert-OH is 1. The third-order valence-corrected chi connectivity index (χ3v) is 3.75. The van der Waals surface area contributed by atoms with Crippen LogP contribution >= 0.6 is 11.6 Å². The number of rotatable bonds is 6. The van der Waals surface area contributed by atoms with Crippen molar-refractivity contribution in [1.82, 2.24) is 0 Å². The molecule has 0 radical (unpaired) electrons. The maximum atomic E-state index is 9.64. The number of hydrogen-bond donors (Lipinski definition) is 2. The highest BCUT2D eigenvalue weighted by molar-refractivity contribution is 6.33. The van der Waals surface area contributed by atoms with Gasteiger partial charge >= 0.3 is 0 Å². The smallest absolute Gasteiger partial charge is 0.0637 e. The maximum Gasteiger partial charge on any atom is 0.0637 e. The van der Waals surface area contributed by atoms with E-state index in [0.29, 0.717) is 22.8 Å². The lowest BCUT2D eigenvalue weighted by molar-refractivity contribution is 0.175. The molecule has 0 aliphatic rings. The number of para-hydroxylation sites is 1. The summed E-state index contributed by atoms with van der Waals surface area (Å²) >= 11 is 6.14. The fraction of sp³-hybridized carbons (Fsp3) is 0.600. The Balaban J connectivity index is 2.87. The zero-order chi connectivity index (χ0) is 13.7. The molecule has 0 aliphatic carbocycles. The van der Waals surface area contributed by atoms with Crippen LogP contribution in [0.2, 0.25) is 5.02 Å². The first-order valence-corrected chi connectivity index (χ1v) is 6.97. The van der Waals surface area contributed by atoms with Crippen LogP contribution in [0.4, 0.5) is 5.69 Å². The van der Waals surface area contributed by atoms with Crippen molar-refractivity contribution in [3.63, 3.8) is 0 Å². The number of hydrogen-bond acceptors (Lipinski definition) is 2. The van der Waals surface area contributed by atoms with Gasteiger partial charge in [0.1, 0.15) is 0 Å². The summed E-state index contributed by atoms with van der Waals surface area (Å²) in [5, 5.41) is 13.7. The van der Waals surface area contributed by atoms with Gasteiger partial charge in [-0.3, -0.25) is 0 Å². The molecule has 0 spiro atoms. The SMILES string of the molecule is CC(C)C(C(C)C)C(CO)Nc1ccccc1Cl. The summed E-state index contributed by atoms with van der Waals surface area (Å²) in [5.74, 6) is 1.43. The van der Waals surface area contributed by atoms with Crippen molar-refractivity contribution in [1.29, 1.82) is 0 Å². The molecule has 0 bridgehead atoms. The number of nitrogens with one attached hydrogen (secondary N) is 1. The molecule has 3 heteroatoms. The van der Waals surface area contributed by atoms with E-state index in [1.165, 1.54) is 0 Å². The fourth-order valence-electron chi connectivity index (χ4n) is 2.74. The molecule has 1 rings (SSSR count). The summed E-state index contributed by atoms with van der Waals surface area (Å²) in [5.41, 5.74) is 0.893. The Morgan fingerprint density at radius 2 is 1.67 bits per heavy atom. The van der Waals surface area contributed by atoms with Crippen LogP contribution in [0.15, 0.2) is 24.3 Å². The van der Waals surface area contributed by atoms with Gasteiger partial charge in [-0.05, 0) is 29.9 Å².